The maximum atomic E-state index is 14.4. The first-order valence-electron chi connectivity index (χ1n) is 11.0. The molecule has 5 aromatic rings. The third-order valence-electron chi connectivity index (χ3n) is 5.89. The van der Waals surface area contributed by atoms with E-state index < -0.39 is 11.6 Å². The molecule has 8 heteroatoms. The fourth-order valence-electron chi connectivity index (χ4n) is 4.11. The van der Waals surface area contributed by atoms with Gasteiger partial charge < -0.3 is 19.0 Å². The summed E-state index contributed by atoms with van der Waals surface area (Å²) in [4.78, 5) is 8.45. The number of fused-ring (bicyclic) bond motifs is 1. The van der Waals surface area contributed by atoms with Crippen LogP contribution in [0.25, 0.3) is 22.2 Å². The minimum atomic E-state index is -0.706. The molecule has 3 aromatic carbocycles. The highest BCUT2D eigenvalue weighted by atomic mass is 32.1. The zero-order valence-corrected chi connectivity index (χ0v) is 20.0. The molecule has 178 valence electrons. The van der Waals surface area contributed by atoms with Gasteiger partial charge in [-0.05, 0) is 48.4 Å². The maximum Gasteiger partial charge on any atom is 0.190 e. The van der Waals surface area contributed by atoms with Gasteiger partial charge in [-0.3, -0.25) is 0 Å². The molecule has 35 heavy (non-hydrogen) atoms. The summed E-state index contributed by atoms with van der Waals surface area (Å²) in [6.07, 6.45) is 2.74. The zero-order valence-electron chi connectivity index (χ0n) is 19.2. The number of methoxy groups -OCH3 is 2. The Kier molecular flexibility index (Phi) is 6.37. The first-order chi connectivity index (χ1) is 17.1. The van der Waals surface area contributed by atoms with E-state index in [1.807, 2.05) is 52.5 Å². The van der Waals surface area contributed by atoms with Crippen molar-refractivity contribution in [3.63, 3.8) is 0 Å². The quantitative estimate of drug-likeness (QED) is 0.284. The number of aryl methyl sites for hydroxylation is 1. The summed E-state index contributed by atoms with van der Waals surface area (Å²) in [5.41, 5.74) is 4.03. The molecule has 0 aliphatic heterocycles. The van der Waals surface area contributed by atoms with Crippen LogP contribution in [0.2, 0.25) is 0 Å². The van der Waals surface area contributed by atoms with E-state index in [0.29, 0.717) is 22.8 Å². The van der Waals surface area contributed by atoms with E-state index >= 15 is 0 Å². The van der Waals surface area contributed by atoms with E-state index in [4.69, 9.17) is 9.47 Å². The predicted molar refractivity (Wildman–Crippen MR) is 134 cm³/mol. The average Bonchev–Trinajstić information content (AvgIpc) is 3.47. The van der Waals surface area contributed by atoms with Crippen LogP contribution in [0.15, 0.2) is 77.2 Å². The van der Waals surface area contributed by atoms with Gasteiger partial charge in [0, 0.05) is 40.7 Å². The Bertz CT molecular complexity index is 1570. The summed E-state index contributed by atoms with van der Waals surface area (Å²) < 4.78 is 41.0. The van der Waals surface area contributed by atoms with E-state index in [1.165, 1.54) is 29.0 Å². The number of nitrogens with one attached hydrogen (secondary N) is 1. The maximum absolute atomic E-state index is 14.4. The Hall–Kier alpha value is -3.91. The molecule has 0 saturated carbocycles. The van der Waals surface area contributed by atoms with Crippen LogP contribution in [-0.4, -0.2) is 23.8 Å². The van der Waals surface area contributed by atoms with Crippen molar-refractivity contribution in [1.82, 2.24) is 9.55 Å². The minimum absolute atomic E-state index is 0.0817. The number of aromatic amines is 1. The first-order valence-corrected chi connectivity index (χ1v) is 11.9. The lowest BCUT2D eigenvalue weighted by Crippen LogP contribution is -2.17. The fourth-order valence-corrected chi connectivity index (χ4v) is 5.05. The number of H-pyrrole nitrogens is 1. The van der Waals surface area contributed by atoms with Crippen LogP contribution in [0.3, 0.4) is 0 Å². The van der Waals surface area contributed by atoms with Crippen molar-refractivity contribution in [1.29, 1.82) is 0 Å². The summed E-state index contributed by atoms with van der Waals surface area (Å²) in [5.74, 6) is 0.0333. The summed E-state index contributed by atoms with van der Waals surface area (Å²) in [6.45, 7) is 0.586. The monoisotopic (exact) mass is 491 g/mol. The number of nitrogens with zero attached hydrogens (tertiary/aromatic N) is 2. The highest BCUT2D eigenvalue weighted by molar-refractivity contribution is 7.07. The van der Waals surface area contributed by atoms with Crippen LogP contribution < -0.4 is 14.3 Å². The minimum Gasteiger partial charge on any atom is -0.497 e. The van der Waals surface area contributed by atoms with Crippen molar-refractivity contribution < 1.29 is 18.3 Å². The number of ether oxygens (including phenoxy) is 2. The molecule has 0 aliphatic rings. The van der Waals surface area contributed by atoms with E-state index in [2.05, 4.69) is 16.0 Å². The molecule has 0 aliphatic carbocycles. The SMILES string of the molecule is COc1ccc(OC)c(-c2csc(=Nc3ccc(F)cc3F)n2CCc2c[nH]c3ccccc23)c1. The molecule has 0 fully saturated rings. The predicted octanol–water partition coefficient (Wildman–Crippen LogP) is 6.47. The Morgan fingerprint density at radius 2 is 1.86 bits per heavy atom. The van der Waals surface area contributed by atoms with Crippen LogP contribution in [0.1, 0.15) is 5.56 Å². The van der Waals surface area contributed by atoms with Gasteiger partial charge in [0.05, 0.1) is 19.9 Å². The van der Waals surface area contributed by atoms with Gasteiger partial charge in [0.1, 0.15) is 23.0 Å². The van der Waals surface area contributed by atoms with Crippen molar-refractivity contribution in [2.75, 3.05) is 14.2 Å². The van der Waals surface area contributed by atoms with Gasteiger partial charge in [0.15, 0.2) is 10.6 Å². The molecule has 2 heterocycles. The lowest BCUT2D eigenvalue weighted by atomic mass is 10.1. The van der Waals surface area contributed by atoms with Crippen LogP contribution in [-0.2, 0) is 13.0 Å². The van der Waals surface area contributed by atoms with Crippen molar-refractivity contribution in [3.05, 3.63) is 94.2 Å². The smallest absolute Gasteiger partial charge is 0.190 e. The Balaban J connectivity index is 1.63. The Labute approximate surface area is 204 Å². The third kappa shape index (κ3) is 4.57. The Morgan fingerprint density at radius 1 is 1.00 bits per heavy atom. The number of rotatable bonds is 7. The molecule has 0 atom stereocenters. The van der Waals surface area contributed by atoms with Gasteiger partial charge in [-0.1, -0.05) is 18.2 Å². The van der Waals surface area contributed by atoms with Crippen molar-refractivity contribution in [3.8, 4) is 22.8 Å². The molecule has 5 nitrogen and oxygen atoms in total. The van der Waals surface area contributed by atoms with Crippen molar-refractivity contribution in [2.45, 2.75) is 13.0 Å². The first kappa shape index (κ1) is 22.9. The van der Waals surface area contributed by atoms with Gasteiger partial charge in [0.2, 0.25) is 0 Å². The van der Waals surface area contributed by atoms with Crippen molar-refractivity contribution >= 4 is 27.9 Å². The van der Waals surface area contributed by atoms with E-state index in [9.17, 15) is 8.78 Å². The van der Waals surface area contributed by atoms with Crippen LogP contribution >= 0.6 is 11.3 Å². The summed E-state index contributed by atoms with van der Waals surface area (Å²) in [7, 11) is 3.23. The molecule has 1 N–H and O–H groups in total. The molecule has 0 spiro atoms. The van der Waals surface area contributed by atoms with Crippen LogP contribution in [0, 0.1) is 11.6 Å². The molecule has 2 aromatic heterocycles. The number of aromatic nitrogens is 2. The van der Waals surface area contributed by atoms with Gasteiger partial charge in [0.25, 0.3) is 0 Å². The lowest BCUT2D eigenvalue weighted by Gasteiger charge is -2.13. The number of hydrogen-bond acceptors (Lipinski definition) is 4. The van der Waals surface area contributed by atoms with E-state index in [0.717, 1.165) is 34.6 Å². The third-order valence-corrected chi connectivity index (χ3v) is 6.75. The normalized spacial score (nSPS) is 11.8. The molecule has 0 radical (unpaired) electrons. The van der Waals surface area contributed by atoms with Crippen LogP contribution in [0.4, 0.5) is 14.5 Å². The average molecular weight is 492 g/mol. The van der Waals surface area contributed by atoms with Crippen LogP contribution in [0.5, 0.6) is 11.5 Å². The van der Waals surface area contributed by atoms with Gasteiger partial charge >= 0.3 is 0 Å². The number of thiazole rings is 1. The standard InChI is InChI=1S/C27H23F2N3O2S/c1-33-19-8-10-26(34-2)21(14-19)25-16-35-27(31-24-9-7-18(28)13-22(24)29)32(25)12-11-17-15-30-23-6-4-3-5-20(17)23/h3-10,13-16,30H,11-12H2,1-2H3. The molecule has 0 saturated heterocycles. The Morgan fingerprint density at radius 3 is 2.66 bits per heavy atom. The molecule has 5 rings (SSSR count). The molecule has 0 amide bonds. The number of halogens is 2. The zero-order chi connectivity index (χ0) is 24.4. The second-order valence-electron chi connectivity index (χ2n) is 7.94. The summed E-state index contributed by atoms with van der Waals surface area (Å²) >= 11 is 1.38. The van der Waals surface area contributed by atoms with Gasteiger partial charge in [-0.25, -0.2) is 13.8 Å². The fraction of sp³-hybridized carbons (Fsp3) is 0.148. The van der Waals surface area contributed by atoms with Gasteiger partial charge in [-0.15, -0.1) is 11.3 Å². The molecular weight excluding hydrogens is 468 g/mol. The highest BCUT2D eigenvalue weighted by Crippen LogP contribution is 2.34. The topological polar surface area (TPSA) is 51.5 Å². The van der Waals surface area contributed by atoms with E-state index in [1.54, 1.807) is 14.2 Å². The molecular formula is C27H23F2N3O2S. The number of benzene rings is 3. The van der Waals surface area contributed by atoms with Crippen molar-refractivity contribution in [2.24, 2.45) is 4.99 Å². The lowest BCUT2D eigenvalue weighted by molar-refractivity contribution is 0.404. The summed E-state index contributed by atoms with van der Waals surface area (Å²) in [5, 5.41) is 3.12. The summed E-state index contributed by atoms with van der Waals surface area (Å²) in [6, 6.07) is 17.1. The number of para-hydroxylation sites is 1. The molecule has 0 bridgehead atoms. The molecule has 0 unspecified atom stereocenters. The van der Waals surface area contributed by atoms with E-state index in [-0.39, 0.29) is 5.69 Å². The van der Waals surface area contributed by atoms with Gasteiger partial charge in [-0.2, -0.15) is 0 Å². The second kappa shape index (κ2) is 9.76. The highest BCUT2D eigenvalue weighted by Gasteiger charge is 2.16. The number of hydrogen-bond donors (Lipinski definition) is 1. The largest absolute Gasteiger partial charge is 0.497 e. The second-order valence-corrected chi connectivity index (χ2v) is 8.77.